The second-order valence-corrected chi connectivity index (χ2v) is 7.11. The lowest BCUT2D eigenvalue weighted by Crippen LogP contribution is -2.17. The van der Waals surface area contributed by atoms with E-state index in [0.29, 0.717) is 13.2 Å². The number of halogens is 1. The Labute approximate surface area is 134 Å². The van der Waals surface area contributed by atoms with Crippen molar-refractivity contribution in [3.63, 3.8) is 0 Å². The Morgan fingerprint density at radius 2 is 1.62 bits per heavy atom. The van der Waals surface area contributed by atoms with Gasteiger partial charge in [-0.1, -0.05) is 30.3 Å². The lowest BCUT2D eigenvalue weighted by molar-refractivity contribution is 0.208. The van der Waals surface area contributed by atoms with E-state index in [0.717, 1.165) is 18.5 Å². The maximum atomic E-state index is 13.1. The highest BCUT2D eigenvalue weighted by Crippen LogP contribution is 2.62. The molecule has 1 rings (SSSR count). The quantitative estimate of drug-likeness (QED) is 0.628. The van der Waals surface area contributed by atoms with Gasteiger partial charge in [-0.15, -0.1) is 12.4 Å². The number of hydrogen-bond donors (Lipinski definition) is 0. The van der Waals surface area contributed by atoms with Crippen LogP contribution in [0.5, 0.6) is 0 Å². The molecule has 4 nitrogen and oxygen atoms in total. The molecule has 0 aliphatic carbocycles. The Kier molecular flexibility index (Phi) is 10.2. The van der Waals surface area contributed by atoms with Gasteiger partial charge < -0.3 is 13.9 Å². The zero-order valence-electron chi connectivity index (χ0n) is 13.3. The average Bonchev–Trinajstić information content (AvgIpc) is 2.40. The molecule has 0 aliphatic rings. The van der Waals surface area contributed by atoms with Crippen molar-refractivity contribution in [3.05, 3.63) is 35.9 Å². The molecule has 1 unspecified atom stereocenters. The lowest BCUT2D eigenvalue weighted by atomic mass is 10.1. The molecule has 1 aromatic rings. The van der Waals surface area contributed by atoms with Crippen LogP contribution in [0.2, 0.25) is 0 Å². The highest BCUT2D eigenvalue weighted by Gasteiger charge is 2.36. The van der Waals surface area contributed by atoms with E-state index in [4.69, 9.17) is 9.05 Å². The standard InChI is InChI=1S/C15H26NO3P.ClH/c1-5-18-20(17,19-6-2)15(12-13-16(3)4)14-10-8-7-9-11-14;/h7-11,15H,5-6,12-13H2,1-4H3;1H. The largest absolute Gasteiger partial charge is 0.338 e. The third-order valence-corrected chi connectivity index (χ3v) is 5.59. The number of hydrogen-bond acceptors (Lipinski definition) is 4. The third kappa shape index (κ3) is 6.50. The van der Waals surface area contributed by atoms with Gasteiger partial charge in [0.25, 0.3) is 0 Å². The first-order valence-electron chi connectivity index (χ1n) is 7.12. The minimum absolute atomic E-state index is 0. The van der Waals surface area contributed by atoms with Gasteiger partial charge in [0.2, 0.25) is 0 Å². The maximum Gasteiger partial charge on any atom is 0.338 e. The van der Waals surface area contributed by atoms with Crippen LogP contribution in [0.3, 0.4) is 0 Å². The second-order valence-electron chi connectivity index (χ2n) is 4.89. The second kappa shape index (κ2) is 10.4. The molecule has 0 N–H and O–H groups in total. The fourth-order valence-electron chi connectivity index (χ4n) is 2.14. The monoisotopic (exact) mass is 335 g/mol. The molecule has 0 spiro atoms. The smallest absolute Gasteiger partial charge is 0.309 e. The van der Waals surface area contributed by atoms with Gasteiger partial charge in [-0.3, -0.25) is 4.57 Å². The zero-order valence-corrected chi connectivity index (χ0v) is 15.0. The predicted octanol–water partition coefficient (Wildman–Crippen LogP) is 4.37. The van der Waals surface area contributed by atoms with Crippen LogP contribution in [0.15, 0.2) is 30.3 Å². The van der Waals surface area contributed by atoms with Gasteiger partial charge >= 0.3 is 7.60 Å². The molecule has 0 heterocycles. The van der Waals surface area contributed by atoms with Gasteiger partial charge in [0.15, 0.2) is 0 Å². The Balaban J connectivity index is 0.00000400. The Bertz CT molecular complexity index is 418. The fraction of sp³-hybridized carbons (Fsp3) is 0.600. The summed E-state index contributed by atoms with van der Waals surface area (Å²) in [7, 11) is 0.882. The van der Waals surface area contributed by atoms with Gasteiger partial charge in [0.05, 0.1) is 18.9 Å². The SMILES string of the molecule is CCOP(=O)(OCC)C(CCN(C)C)c1ccccc1.Cl. The zero-order chi connectivity index (χ0) is 15.0. The van der Waals surface area contributed by atoms with Crippen molar-refractivity contribution in [1.29, 1.82) is 0 Å². The van der Waals surface area contributed by atoms with Gasteiger partial charge in [0.1, 0.15) is 0 Å². The van der Waals surface area contributed by atoms with Gasteiger partial charge in [-0.25, -0.2) is 0 Å². The van der Waals surface area contributed by atoms with Gasteiger partial charge in [-0.05, 0) is 46.5 Å². The van der Waals surface area contributed by atoms with E-state index in [2.05, 4.69) is 4.90 Å². The minimum Gasteiger partial charge on any atom is -0.309 e. The molecule has 0 saturated carbocycles. The summed E-state index contributed by atoms with van der Waals surface area (Å²) in [5, 5.41) is 0. The molecule has 0 radical (unpaired) electrons. The van der Waals surface area contributed by atoms with Crippen LogP contribution in [0.4, 0.5) is 0 Å². The van der Waals surface area contributed by atoms with Crippen LogP contribution in [0.1, 0.15) is 31.5 Å². The molecule has 0 bridgehead atoms. The Morgan fingerprint density at radius 3 is 2.05 bits per heavy atom. The predicted molar refractivity (Wildman–Crippen MR) is 90.5 cm³/mol. The van der Waals surface area contributed by atoms with E-state index in [1.165, 1.54) is 0 Å². The van der Waals surface area contributed by atoms with E-state index < -0.39 is 7.60 Å². The summed E-state index contributed by atoms with van der Waals surface area (Å²) >= 11 is 0. The molecule has 0 aromatic heterocycles. The molecule has 0 saturated heterocycles. The Morgan fingerprint density at radius 1 is 1.10 bits per heavy atom. The molecule has 0 amide bonds. The van der Waals surface area contributed by atoms with Crippen molar-refractivity contribution in [2.75, 3.05) is 33.9 Å². The van der Waals surface area contributed by atoms with E-state index in [1.807, 2.05) is 58.3 Å². The molecule has 0 aliphatic heterocycles. The van der Waals surface area contributed by atoms with Crippen molar-refractivity contribution in [2.45, 2.75) is 25.9 Å². The van der Waals surface area contributed by atoms with Crippen LogP contribution < -0.4 is 0 Å². The molecule has 122 valence electrons. The van der Waals surface area contributed by atoms with E-state index in [1.54, 1.807) is 0 Å². The third-order valence-electron chi connectivity index (χ3n) is 3.03. The number of rotatable bonds is 9. The van der Waals surface area contributed by atoms with Crippen molar-refractivity contribution < 1.29 is 13.6 Å². The van der Waals surface area contributed by atoms with Crippen LogP contribution in [-0.4, -0.2) is 38.8 Å². The number of benzene rings is 1. The van der Waals surface area contributed by atoms with E-state index >= 15 is 0 Å². The Hall–Kier alpha value is -0.380. The topological polar surface area (TPSA) is 38.8 Å². The normalized spacial score (nSPS) is 13.0. The molecule has 6 heteroatoms. The molecule has 1 aromatic carbocycles. The first-order valence-corrected chi connectivity index (χ1v) is 8.73. The first-order chi connectivity index (χ1) is 9.53. The van der Waals surface area contributed by atoms with Crippen molar-refractivity contribution in [2.24, 2.45) is 0 Å². The summed E-state index contributed by atoms with van der Waals surface area (Å²) in [6.07, 6.45) is 0.744. The summed E-state index contributed by atoms with van der Waals surface area (Å²) < 4.78 is 24.1. The van der Waals surface area contributed by atoms with Crippen LogP contribution in [0.25, 0.3) is 0 Å². The summed E-state index contributed by atoms with van der Waals surface area (Å²) in [5.74, 6) is 0. The maximum absolute atomic E-state index is 13.1. The average molecular weight is 336 g/mol. The summed E-state index contributed by atoms with van der Waals surface area (Å²) in [5.41, 5.74) is 0.797. The van der Waals surface area contributed by atoms with E-state index in [9.17, 15) is 4.57 Å². The fourth-order valence-corrected chi connectivity index (χ4v) is 4.26. The lowest BCUT2D eigenvalue weighted by Gasteiger charge is -2.27. The highest BCUT2D eigenvalue weighted by atomic mass is 35.5. The number of nitrogens with zero attached hydrogens (tertiary/aromatic N) is 1. The van der Waals surface area contributed by atoms with Crippen molar-refractivity contribution in [3.8, 4) is 0 Å². The highest BCUT2D eigenvalue weighted by molar-refractivity contribution is 7.54. The molecule has 21 heavy (non-hydrogen) atoms. The first kappa shape index (κ1) is 20.6. The van der Waals surface area contributed by atoms with E-state index in [-0.39, 0.29) is 18.1 Å². The molecular formula is C15H27ClNO3P. The van der Waals surface area contributed by atoms with Crippen LogP contribution >= 0.6 is 20.0 Å². The van der Waals surface area contributed by atoms with Crippen molar-refractivity contribution in [1.82, 2.24) is 4.90 Å². The van der Waals surface area contributed by atoms with Crippen LogP contribution in [0, 0.1) is 0 Å². The molecule has 0 fully saturated rings. The summed E-state index contributed by atoms with van der Waals surface area (Å²) in [6.45, 7) is 5.31. The van der Waals surface area contributed by atoms with Crippen LogP contribution in [-0.2, 0) is 13.6 Å². The van der Waals surface area contributed by atoms with Crippen molar-refractivity contribution >= 4 is 20.0 Å². The van der Waals surface area contributed by atoms with Gasteiger partial charge in [0, 0.05) is 0 Å². The summed E-state index contributed by atoms with van der Waals surface area (Å²) in [4.78, 5) is 2.08. The summed E-state index contributed by atoms with van der Waals surface area (Å²) in [6, 6.07) is 9.86. The van der Waals surface area contributed by atoms with Gasteiger partial charge in [-0.2, -0.15) is 0 Å². The molecule has 1 atom stereocenters. The molecular weight excluding hydrogens is 309 g/mol. The minimum atomic E-state index is -3.13.